The Labute approximate surface area is 151 Å². The first kappa shape index (κ1) is 18.6. The average Bonchev–Trinajstić information content (AvgIpc) is 2.52. The van der Waals surface area contributed by atoms with Crippen molar-refractivity contribution in [1.29, 1.82) is 0 Å². The third-order valence-corrected chi connectivity index (χ3v) is 4.74. The molecule has 0 spiro atoms. The third-order valence-electron chi connectivity index (χ3n) is 3.68. The van der Waals surface area contributed by atoms with E-state index in [1.54, 1.807) is 12.1 Å². The van der Waals surface area contributed by atoms with Crippen molar-refractivity contribution < 1.29 is 14.3 Å². The predicted molar refractivity (Wildman–Crippen MR) is 98.5 cm³/mol. The third kappa shape index (κ3) is 4.19. The smallest absolute Gasteiger partial charge is 0.340 e. The molecule has 2 aromatic rings. The second kappa shape index (κ2) is 7.86. The number of rotatable bonds is 5. The summed E-state index contributed by atoms with van der Waals surface area (Å²) in [6.07, 6.45) is 1.91. The molecule has 24 heavy (non-hydrogen) atoms. The molecular formula is C19H19ClO3S. The van der Waals surface area contributed by atoms with Crippen LogP contribution in [0.3, 0.4) is 0 Å². The van der Waals surface area contributed by atoms with Crippen molar-refractivity contribution in [1.82, 2.24) is 0 Å². The van der Waals surface area contributed by atoms with Crippen LogP contribution in [0.5, 0.6) is 0 Å². The predicted octanol–water partition coefficient (Wildman–Crippen LogP) is 5.03. The average molecular weight is 363 g/mol. The molecule has 0 saturated heterocycles. The minimum absolute atomic E-state index is 0.213. The van der Waals surface area contributed by atoms with Crippen LogP contribution in [-0.4, -0.2) is 24.6 Å². The van der Waals surface area contributed by atoms with Crippen molar-refractivity contribution in [3.8, 4) is 0 Å². The summed E-state index contributed by atoms with van der Waals surface area (Å²) in [4.78, 5) is 25.6. The lowest BCUT2D eigenvalue weighted by Gasteiger charge is -2.11. The summed E-state index contributed by atoms with van der Waals surface area (Å²) in [6.45, 7) is 5.44. The highest BCUT2D eigenvalue weighted by Gasteiger charge is 2.18. The second-order valence-electron chi connectivity index (χ2n) is 5.62. The number of aryl methyl sites for hydroxylation is 3. The van der Waals surface area contributed by atoms with Gasteiger partial charge in [-0.15, -0.1) is 11.8 Å². The molecule has 0 heterocycles. The van der Waals surface area contributed by atoms with E-state index >= 15 is 0 Å². The molecule has 0 radical (unpaired) electrons. The van der Waals surface area contributed by atoms with E-state index in [9.17, 15) is 9.59 Å². The van der Waals surface area contributed by atoms with Crippen LogP contribution in [0, 0.1) is 20.8 Å². The maximum atomic E-state index is 12.4. The number of ketones is 1. The Balaban J connectivity index is 2.14. The Kier molecular flexibility index (Phi) is 6.08. The van der Waals surface area contributed by atoms with Crippen LogP contribution in [0.2, 0.25) is 5.02 Å². The Morgan fingerprint density at radius 3 is 2.29 bits per heavy atom. The number of carbonyl (C=O) groups excluding carboxylic acids is 2. The topological polar surface area (TPSA) is 43.4 Å². The molecule has 5 heteroatoms. The van der Waals surface area contributed by atoms with Crippen LogP contribution in [0.15, 0.2) is 35.2 Å². The Bertz CT molecular complexity index is 776. The zero-order valence-electron chi connectivity index (χ0n) is 14.1. The number of ether oxygens (including phenoxy) is 1. The molecule has 0 saturated carbocycles. The van der Waals surface area contributed by atoms with Crippen LogP contribution >= 0.6 is 23.4 Å². The monoisotopic (exact) mass is 362 g/mol. The minimum Gasteiger partial charge on any atom is -0.454 e. The fourth-order valence-corrected chi connectivity index (χ4v) is 3.32. The van der Waals surface area contributed by atoms with Gasteiger partial charge in [-0.25, -0.2) is 4.79 Å². The zero-order chi connectivity index (χ0) is 17.9. The number of thioether (sulfide) groups is 1. The summed E-state index contributed by atoms with van der Waals surface area (Å²) in [5, 5.41) is 0.313. The van der Waals surface area contributed by atoms with Crippen LogP contribution < -0.4 is 0 Å². The van der Waals surface area contributed by atoms with E-state index in [-0.39, 0.29) is 18.0 Å². The largest absolute Gasteiger partial charge is 0.454 e. The molecule has 0 aliphatic rings. The van der Waals surface area contributed by atoms with Gasteiger partial charge in [0.2, 0.25) is 5.78 Å². The normalized spacial score (nSPS) is 10.5. The van der Waals surface area contributed by atoms with Crippen LogP contribution in [0.25, 0.3) is 0 Å². The van der Waals surface area contributed by atoms with Crippen LogP contribution in [0.1, 0.15) is 37.4 Å². The molecule has 0 amide bonds. The summed E-state index contributed by atoms with van der Waals surface area (Å²) >= 11 is 7.56. The van der Waals surface area contributed by atoms with Gasteiger partial charge in [0.1, 0.15) is 0 Å². The summed E-state index contributed by atoms with van der Waals surface area (Å²) in [5.41, 5.74) is 3.75. The molecule has 2 aromatic carbocycles. The highest BCUT2D eigenvalue weighted by molar-refractivity contribution is 7.98. The quantitative estimate of drug-likeness (QED) is 0.425. The minimum atomic E-state index is -0.591. The SMILES string of the molecule is CSc1ccc(Cl)c(C(=O)OCC(=O)c2c(C)cc(C)cc2C)c1. The van der Waals surface area contributed by atoms with Crippen LogP contribution in [-0.2, 0) is 4.74 Å². The lowest BCUT2D eigenvalue weighted by Crippen LogP contribution is -2.16. The molecule has 0 atom stereocenters. The number of halogens is 1. The summed E-state index contributed by atoms with van der Waals surface area (Å²) in [7, 11) is 0. The molecule has 2 rings (SSSR count). The van der Waals surface area contributed by atoms with Crippen molar-refractivity contribution in [2.75, 3.05) is 12.9 Å². The lowest BCUT2D eigenvalue weighted by atomic mass is 9.97. The molecule has 0 fully saturated rings. The maximum Gasteiger partial charge on any atom is 0.340 e. The van der Waals surface area contributed by atoms with Crippen molar-refractivity contribution in [2.24, 2.45) is 0 Å². The molecule has 0 unspecified atom stereocenters. The molecule has 0 bridgehead atoms. The van der Waals surface area contributed by atoms with Crippen molar-refractivity contribution >= 4 is 35.1 Å². The molecule has 3 nitrogen and oxygen atoms in total. The summed E-state index contributed by atoms with van der Waals surface area (Å²) in [6, 6.07) is 9.04. The molecule has 0 aliphatic heterocycles. The van der Waals surface area contributed by atoms with Gasteiger partial charge in [0.05, 0.1) is 10.6 Å². The first-order chi connectivity index (χ1) is 11.3. The van der Waals surface area contributed by atoms with Crippen LogP contribution in [0.4, 0.5) is 0 Å². The standard InChI is InChI=1S/C19H19ClO3S/c1-11-7-12(2)18(13(3)8-11)17(21)10-23-19(22)15-9-14(24-4)5-6-16(15)20/h5-9H,10H2,1-4H3. The van der Waals surface area contributed by atoms with Crippen molar-refractivity contribution in [2.45, 2.75) is 25.7 Å². The second-order valence-corrected chi connectivity index (χ2v) is 6.91. The highest BCUT2D eigenvalue weighted by Crippen LogP contribution is 2.24. The molecule has 126 valence electrons. The molecule has 0 aliphatic carbocycles. The summed E-state index contributed by atoms with van der Waals surface area (Å²) in [5.74, 6) is -0.804. The highest BCUT2D eigenvalue weighted by atomic mass is 35.5. The van der Waals surface area contributed by atoms with Gasteiger partial charge in [-0.1, -0.05) is 29.3 Å². The molecule has 0 aromatic heterocycles. The lowest BCUT2D eigenvalue weighted by molar-refractivity contribution is 0.0474. The van der Waals surface area contributed by atoms with E-state index in [1.165, 1.54) is 11.8 Å². The number of carbonyl (C=O) groups is 2. The number of hydrogen-bond acceptors (Lipinski definition) is 4. The Hall–Kier alpha value is -1.78. The van der Waals surface area contributed by atoms with Gasteiger partial charge in [-0.3, -0.25) is 4.79 Å². The molecular weight excluding hydrogens is 344 g/mol. The Morgan fingerprint density at radius 2 is 1.71 bits per heavy atom. The number of benzene rings is 2. The number of esters is 1. The first-order valence-electron chi connectivity index (χ1n) is 7.45. The van der Waals surface area contributed by atoms with Gasteiger partial charge in [0.15, 0.2) is 6.61 Å². The van der Waals surface area contributed by atoms with E-state index in [0.717, 1.165) is 21.6 Å². The Morgan fingerprint density at radius 1 is 1.08 bits per heavy atom. The van der Waals surface area contributed by atoms with Gasteiger partial charge < -0.3 is 4.74 Å². The van der Waals surface area contributed by atoms with Crippen molar-refractivity contribution in [3.05, 3.63) is 63.2 Å². The first-order valence-corrected chi connectivity index (χ1v) is 9.05. The fraction of sp³-hybridized carbons (Fsp3) is 0.263. The number of Topliss-reactive ketones (excluding diaryl/α,β-unsaturated/α-hetero) is 1. The van der Waals surface area contributed by atoms with E-state index in [0.29, 0.717) is 10.6 Å². The fourth-order valence-electron chi connectivity index (χ4n) is 2.69. The van der Waals surface area contributed by atoms with Gasteiger partial charge in [0.25, 0.3) is 0 Å². The zero-order valence-corrected chi connectivity index (χ0v) is 15.7. The number of hydrogen-bond donors (Lipinski definition) is 0. The maximum absolute atomic E-state index is 12.4. The van der Waals surface area contributed by atoms with E-state index in [4.69, 9.17) is 16.3 Å². The van der Waals surface area contributed by atoms with E-state index < -0.39 is 5.97 Å². The van der Waals surface area contributed by atoms with Gasteiger partial charge in [-0.2, -0.15) is 0 Å². The van der Waals surface area contributed by atoms with Gasteiger partial charge >= 0.3 is 5.97 Å². The van der Waals surface area contributed by atoms with Gasteiger partial charge in [0, 0.05) is 10.5 Å². The van der Waals surface area contributed by atoms with Crippen molar-refractivity contribution in [3.63, 3.8) is 0 Å². The molecule has 0 N–H and O–H groups in total. The van der Waals surface area contributed by atoms with Gasteiger partial charge in [-0.05, 0) is 56.4 Å². The summed E-state index contributed by atoms with van der Waals surface area (Å²) < 4.78 is 5.18. The van der Waals surface area contributed by atoms with E-state index in [1.807, 2.05) is 45.2 Å². The van der Waals surface area contributed by atoms with E-state index in [2.05, 4.69) is 0 Å².